The molecule has 1 aromatic carbocycles. The van der Waals surface area contributed by atoms with E-state index < -0.39 is 22.8 Å². The van der Waals surface area contributed by atoms with Crippen molar-refractivity contribution in [2.45, 2.75) is 32.7 Å². The van der Waals surface area contributed by atoms with Gasteiger partial charge in [-0.15, -0.1) is 0 Å². The zero-order valence-corrected chi connectivity index (χ0v) is 11.9. The van der Waals surface area contributed by atoms with E-state index in [1.165, 1.54) is 24.3 Å². The van der Waals surface area contributed by atoms with Gasteiger partial charge in [-0.3, -0.25) is 14.9 Å². The molecule has 7 nitrogen and oxygen atoms in total. The molecule has 0 aromatic heterocycles. The van der Waals surface area contributed by atoms with E-state index in [-0.39, 0.29) is 18.0 Å². The molecule has 21 heavy (non-hydrogen) atoms. The minimum atomic E-state index is -1.07. The summed E-state index contributed by atoms with van der Waals surface area (Å²) in [6.07, 6.45) is 0.618. The van der Waals surface area contributed by atoms with Crippen LogP contribution in [0.4, 0.5) is 5.69 Å². The maximum atomic E-state index is 11.9. The van der Waals surface area contributed by atoms with Gasteiger partial charge in [0.1, 0.15) is 6.04 Å². The zero-order chi connectivity index (χ0) is 16.0. The number of carboxylic acids is 1. The van der Waals surface area contributed by atoms with Crippen LogP contribution in [0.1, 0.15) is 25.8 Å². The van der Waals surface area contributed by atoms with Crippen LogP contribution in [0, 0.1) is 16.0 Å². The molecule has 2 N–H and O–H groups in total. The Hall–Kier alpha value is -2.44. The predicted molar refractivity (Wildman–Crippen MR) is 75.8 cm³/mol. The molecular formula is C14H18N2O5. The van der Waals surface area contributed by atoms with Gasteiger partial charge in [-0.05, 0) is 11.5 Å². The van der Waals surface area contributed by atoms with Crippen LogP contribution in [0.15, 0.2) is 24.3 Å². The highest BCUT2D eigenvalue weighted by atomic mass is 16.6. The summed E-state index contributed by atoms with van der Waals surface area (Å²) < 4.78 is 0. The van der Waals surface area contributed by atoms with Gasteiger partial charge in [0.25, 0.3) is 5.69 Å². The summed E-state index contributed by atoms with van der Waals surface area (Å²) in [5.41, 5.74) is 0.536. The number of non-ortho nitro benzene ring substituents is 1. The van der Waals surface area contributed by atoms with Gasteiger partial charge in [0.2, 0.25) is 5.91 Å². The molecule has 2 atom stereocenters. The molecule has 0 saturated carbocycles. The second kappa shape index (κ2) is 7.37. The Morgan fingerprint density at radius 3 is 2.33 bits per heavy atom. The molecule has 0 radical (unpaired) electrons. The molecular weight excluding hydrogens is 276 g/mol. The third-order valence-corrected chi connectivity index (χ3v) is 3.31. The van der Waals surface area contributed by atoms with Crippen molar-refractivity contribution in [3.8, 4) is 0 Å². The first-order valence-corrected chi connectivity index (χ1v) is 6.60. The standard InChI is InChI=1S/C14H18N2O5/c1-3-9(2)13(14(18)19)15-12(17)8-10-4-6-11(7-5-10)16(20)21/h4-7,9,13H,3,8H2,1-2H3,(H,15,17)(H,18,19)/t9-,13-/m0/s1. The first-order chi connectivity index (χ1) is 9.85. The van der Waals surface area contributed by atoms with Gasteiger partial charge in [0.15, 0.2) is 0 Å². The van der Waals surface area contributed by atoms with Crippen LogP contribution in [0.25, 0.3) is 0 Å². The van der Waals surface area contributed by atoms with Crippen molar-refractivity contribution in [1.29, 1.82) is 0 Å². The van der Waals surface area contributed by atoms with E-state index in [1.54, 1.807) is 6.92 Å². The van der Waals surface area contributed by atoms with E-state index in [0.717, 1.165) is 0 Å². The van der Waals surface area contributed by atoms with Crippen molar-refractivity contribution in [1.82, 2.24) is 5.32 Å². The number of carboxylic acid groups (broad SMARTS) is 1. The number of nitrogens with one attached hydrogen (secondary N) is 1. The van der Waals surface area contributed by atoms with Gasteiger partial charge in [0, 0.05) is 12.1 Å². The molecule has 0 bridgehead atoms. The van der Waals surface area contributed by atoms with Crippen LogP contribution >= 0.6 is 0 Å². The van der Waals surface area contributed by atoms with Crippen molar-refractivity contribution in [3.05, 3.63) is 39.9 Å². The summed E-state index contributed by atoms with van der Waals surface area (Å²) >= 11 is 0. The third-order valence-electron chi connectivity index (χ3n) is 3.31. The number of nitro groups is 1. The van der Waals surface area contributed by atoms with E-state index in [0.29, 0.717) is 12.0 Å². The zero-order valence-electron chi connectivity index (χ0n) is 11.9. The highest BCUT2D eigenvalue weighted by molar-refractivity contribution is 5.85. The quantitative estimate of drug-likeness (QED) is 0.588. The number of rotatable bonds is 7. The molecule has 0 fully saturated rings. The molecule has 114 valence electrons. The third kappa shape index (κ3) is 4.87. The van der Waals surface area contributed by atoms with Gasteiger partial charge in [0.05, 0.1) is 11.3 Å². The smallest absolute Gasteiger partial charge is 0.326 e. The van der Waals surface area contributed by atoms with Gasteiger partial charge in [-0.25, -0.2) is 4.79 Å². The number of hydrogen-bond donors (Lipinski definition) is 2. The fourth-order valence-electron chi connectivity index (χ4n) is 1.83. The maximum absolute atomic E-state index is 11.9. The van der Waals surface area contributed by atoms with Gasteiger partial charge in [-0.1, -0.05) is 32.4 Å². The van der Waals surface area contributed by atoms with Gasteiger partial charge < -0.3 is 10.4 Å². The number of benzene rings is 1. The van der Waals surface area contributed by atoms with E-state index in [2.05, 4.69) is 5.32 Å². The Balaban J connectivity index is 2.67. The molecule has 0 unspecified atom stereocenters. The van der Waals surface area contributed by atoms with Crippen molar-refractivity contribution in [2.24, 2.45) is 5.92 Å². The average molecular weight is 294 g/mol. The molecule has 1 aromatic rings. The lowest BCUT2D eigenvalue weighted by Gasteiger charge is -2.20. The maximum Gasteiger partial charge on any atom is 0.326 e. The lowest BCUT2D eigenvalue weighted by Crippen LogP contribution is -2.45. The molecule has 0 aliphatic heterocycles. The van der Waals surface area contributed by atoms with Gasteiger partial charge >= 0.3 is 5.97 Å². The van der Waals surface area contributed by atoms with Crippen LogP contribution in [0.3, 0.4) is 0 Å². The fourth-order valence-corrected chi connectivity index (χ4v) is 1.83. The van der Waals surface area contributed by atoms with E-state index in [1.807, 2.05) is 6.92 Å². The minimum absolute atomic E-state index is 0.0157. The monoisotopic (exact) mass is 294 g/mol. The minimum Gasteiger partial charge on any atom is -0.480 e. The summed E-state index contributed by atoms with van der Waals surface area (Å²) in [5.74, 6) is -1.67. The molecule has 7 heteroatoms. The average Bonchev–Trinajstić information content (AvgIpc) is 2.44. The van der Waals surface area contributed by atoms with E-state index >= 15 is 0 Å². The highest BCUT2D eigenvalue weighted by Crippen LogP contribution is 2.13. The first-order valence-electron chi connectivity index (χ1n) is 6.60. The van der Waals surface area contributed by atoms with Crippen molar-refractivity contribution < 1.29 is 19.6 Å². The summed E-state index contributed by atoms with van der Waals surface area (Å²) in [6.45, 7) is 3.61. The van der Waals surface area contributed by atoms with Crippen LogP contribution in [-0.2, 0) is 16.0 Å². The Morgan fingerprint density at radius 1 is 1.33 bits per heavy atom. The molecule has 0 heterocycles. The summed E-state index contributed by atoms with van der Waals surface area (Å²) in [7, 11) is 0. The summed E-state index contributed by atoms with van der Waals surface area (Å²) in [4.78, 5) is 33.0. The second-order valence-electron chi connectivity index (χ2n) is 4.87. The Kier molecular flexibility index (Phi) is 5.83. The molecule has 0 aliphatic carbocycles. The van der Waals surface area contributed by atoms with Gasteiger partial charge in [-0.2, -0.15) is 0 Å². The number of nitrogens with zero attached hydrogens (tertiary/aromatic N) is 1. The number of carbonyl (C=O) groups is 2. The van der Waals surface area contributed by atoms with Crippen LogP contribution < -0.4 is 5.32 Å². The predicted octanol–water partition coefficient (Wildman–Crippen LogP) is 1.75. The lowest BCUT2D eigenvalue weighted by molar-refractivity contribution is -0.384. The highest BCUT2D eigenvalue weighted by Gasteiger charge is 2.25. The van der Waals surface area contributed by atoms with Crippen molar-refractivity contribution >= 4 is 17.6 Å². The van der Waals surface area contributed by atoms with E-state index in [9.17, 15) is 19.7 Å². The first kappa shape index (κ1) is 16.6. The second-order valence-corrected chi connectivity index (χ2v) is 4.87. The molecule has 0 aliphatic rings. The summed E-state index contributed by atoms with van der Waals surface area (Å²) in [6, 6.07) is 4.66. The Bertz CT molecular complexity index is 527. The van der Waals surface area contributed by atoms with Crippen molar-refractivity contribution in [3.63, 3.8) is 0 Å². The summed E-state index contributed by atoms with van der Waals surface area (Å²) in [5, 5.41) is 22.1. The molecule has 1 rings (SSSR count). The lowest BCUT2D eigenvalue weighted by atomic mass is 9.99. The number of hydrogen-bond acceptors (Lipinski definition) is 4. The number of aliphatic carboxylic acids is 1. The number of nitro benzene ring substituents is 1. The normalized spacial score (nSPS) is 13.2. The number of carbonyl (C=O) groups excluding carboxylic acids is 1. The molecule has 0 spiro atoms. The largest absolute Gasteiger partial charge is 0.480 e. The Labute approximate surface area is 122 Å². The SMILES string of the molecule is CC[C@H](C)[C@H](NC(=O)Cc1ccc([N+](=O)[O-])cc1)C(=O)O. The topological polar surface area (TPSA) is 110 Å². The van der Waals surface area contributed by atoms with Crippen molar-refractivity contribution in [2.75, 3.05) is 0 Å². The number of amides is 1. The molecule has 0 saturated heterocycles. The Morgan fingerprint density at radius 2 is 1.90 bits per heavy atom. The van der Waals surface area contributed by atoms with Crippen LogP contribution in [0.2, 0.25) is 0 Å². The van der Waals surface area contributed by atoms with Crippen LogP contribution in [0.5, 0.6) is 0 Å². The fraction of sp³-hybridized carbons (Fsp3) is 0.429. The molecule has 1 amide bonds. The van der Waals surface area contributed by atoms with E-state index in [4.69, 9.17) is 5.11 Å². The van der Waals surface area contributed by atoms with Crippen LogP contribution in [-0.4, -0.2) is 27.9 Å².